The second kappa shape index (κ2) is 7.31. The van der Waals surface area contributed by atoms with Crippen LogP contribution >= 0.6 is 0 Å². The first kappa shape index (κ1) is 17.3. The second-order valence-electron chi connectivity index (χ2n) is 4.77. The summed E-state index contributed by atoms with van der Waals surface area (Å²) in [5.41, 5.74) is 10.3. The largest absolute Gasteiger partial charge is 0.492 e. The molecule has 0 radical (unpaired) electrons. The van der Waals surface area contributed by atoms with E-state index < -0.39 is 17.6 Å². The van der Waals surface area contributed by atoms with Crippen molar-refractivity contribution in [2.24, 2.45) is 11.5 Å². The number of rotatable bonds is 7. The highest BCUT2D eigenvalue weighted by atomic mass is 19.4. The maximum Gasteiger partial charge on any atom is 0.419 e. The molecule has 0 aliphatic carbocycles. The van der Waals surface area contributed by atoms with Crippen molar-refractivity contribution in [3.63, 3.8) is 0 Å². The molecule has 21 heavy (non-hydrogen) atoms. The molecule has 7 heteroatoms. The third-order valence-electron chi connectivity index (χ3n) is 2.98. The van der Waals surface area contributed by atoms with Gasteiger partial charge in [0.1, 0.15) is 5.75 Å². The lowest BCUT2D eigenvalue weighted by Gasteiger charge is -2.16. The van der Waals surface area contributed by atoms with Crippen LogP contribution in [0, 0.1) is 0 Å². The molecule has 1 aromatic rings. The van der Waals surface area contributed by atoms with Crippen LogP contribution in [0.3, 0.4) is 0 Å². The van der Waals surface area contributed by atoms with Crippen LogP contribution in [0.4, 0.5) is 13.2 Å². The maximum atomic E-state index is 13.0. The van der Waals surface area contributed by atoms with Gasteiger partial charge in [-0.05, 0) is 30.5 Å². The van der Waals surface area contributed by atoms with Gasteiger partial charge in [0.2, 0.25) is 5.91 Å². The lowest BCUT2D eigenvalue weighted by Crippen LogP contribution is -2.22. The molecule has 118 valence electrons. The highest BCUT2D eigenvalue weighted by molar-refractivity contribution is 5.73. The predicted octanol–water partition coefficient (Wildman–Crippen LogP) is 2.24. The normalized spacial score (nSPS) is 13.0. The van der Waals surface area contributed by atoms with Crippen molar-refractivity contribution >= 4 is 5.91 Å². The van der Waals surface area contributed by atoms with Gasteiger partial charge in [0.25, 0.3) is 0 Å². The first-order valence-corrected chi connectivity index (χ1v) is 6.60. The maximum absolute atomic E-state index is 13.0. The Kier molecular flexibility index (Phi) is 6.02. The van der Waals surface area contributed by atoms with Crippen LogP contribution in [0.2, 0.25) is 0 Å². The minimum Gasteiger partial charge on any atom is -0.492 e. The molecule has 1 atom stereocenters. The van der Waals surface area contributed by atoms with Gasteiger partial charge >= 0.3 is 6.18 Å². The summed E-state index contributed by atoms with van der Waals surface area (Å²) in [6.45, 7) is 1.68. The molecular formula is C14H19F3N2O2. The van der Waals surface area contributed by atoms with Crippen molar-refractivity contribution in [2.45, 2.75) is 38.4 Å². The quantitative estimate of drug-likeness (QED) is 0.811. The van der Waals surface area contributed by atoms with Gasteiger partial charge in [-0.2, -0.15) is 13.2 Å². The van der Waals surface area contributed by atoms with Crippen molar-refractivity contribution in [1.82, 2.24) is 0 Å². The molecule has 0 heterocycles. The number of primary amides is 1. The number of alkyl halides is 3. The fourth-order valence-corrected chi connectivity index (χ4v) is 1.76. The van der Waals surface area contributed by atoms with Crippen LogP contribution in [0.15, 0.2) is 18.2 Å². The molecular weight excluding hydrogens is 285 g/mol. The average molecular weight is 304 g/mol. The van der Waals surface area contributed by atoms with Crippen LogP contribution < -0.4 is 16.2 Å². The van der Waals surface area contributed by atoms with E-state index in [2.05, 4.69) is 0 Å². The molecule has 4 nitrogen and oxygen atoms in total. The topological polar surface area (TPSA) is 78.3 Å². The van der Waals surface area contributed by atoms with Crippen LogP contribution in [0.1, 0.15) is 30.9 Å². The van der Waals surface area contributed by atoms with Gasteiger partial charge in [-0.25, -0.2) is 0 Å². The van der Waals surface area contributed by atoms with E-state index in [1.807, 2.05) is 6.92 Å². The van der Waals surface area contributed by atoms with Crippen LogP contribution in [0.25, 0.3) is 0 Å². The molecule has 1 unspecified atom stereocenters. The summed E-state index contributed by atoms with van der Waals surface area (Å²) in [4.78, 5) is 10.6. The Balaban J connectivity index is 2.94. The SMILES string of the molecule is CCC(N)Cc1ccc(OCCC(N)=O)c(C(F)(F)F)c1. The summed E-state index contributed by atoms with van der Waals surface area (Å²) >= 11 is 0. The lowest BCUT2D eigenvalue weighted by atomic mass is 10.0. The van der Waals surface area contributed by atoms with Crippen LogP contribution in [-0.2, 0) is 17.4 Å². The standard InChI is InChI=1S/C14H19F3N2O2/c1-2-10(18)7-9-3-4-12(21-6-5-13(19)20)11(8-9)14(15,16)17/h3-4,8,10H,2,5-7,18H2,1H3,(H2,19,20). The van der Waals surface area contributed by atoms with E-state index in [4.69, 9.17) is 16.2 Å². The third-order valence-corrected chi connectivity index (χ3v) is 2.98. The summed E-state index contributed by atoms with van der Waals surface area (Å²) in [5.74, 6) is -0.938. The first-order valence-electron chi connectivity index (χ1n) is 6.60. The number of ether oxygens (including phenoxy) is 1. The van der Waals surface area contributed by atoms with Gasteiger partial charge < -0.3 is 16.2 Å². The minimum absolute atomic E-state index is 0.139. The molecule has 1 amide bonds. The van der Waals surface area contributed by atoms with Crippen LogP contribution in [0.5, 0.6) is 5.75 Å². The average Bonchev–Trinajstić information content (AvgIpc) is 2.38. The monoisotopic (exact) mass is 304 g/mol. The van der Waals surface area contributed by atoms with E-state index in [1.54, 1.807) is 6.07 Å². The smallest absolute Gasteiger partial charge is 0.419 e. The zero-order valence-corrected chi connectivity index (χ0v) is 11.7. The van der Waals surface area contributed by atoms with Gasteiger partial charge in [0, 0.05) is 6.04 Å². The Morgan fingerprint density at radius 2 is 2.05 bits per heavy atom. The van der Waals surface area contributed by atoms with Gasteiger partial charge in [0.15, 0.2) is 0 Å². The van der Waals surface area contributed by atoms with E-state index in [0.29, 0.717) is 18.4 Å². The molecule has 4 N–H and O–H groups in total. The van der Waals surface area contributed by atoms with Gasteiger partial charge in [-0.15, -0.1) is 0 Å². The molecule has 0 fully saturated rings. The number of amides is 1. The number of carbonyl (C=O) groups is 1. The number of nitrogens with two attached hydrogens (primary N) is 2. The zero-order chi connectivity index (χ0) is 16.0. The van der Waals surface area contributed by atoms with E-state index in [9.17, 15) is 18.0 Å². The van der Waals surface area contributed by atoms with Gasteiger partial charge in [0.05, 0.1) is 18.6 Å². The Morgan fingerprint density at radius 3 is 2.57 bits per heavy atom. The fourth-order valence-electron chi connectivity index (χ4n) is 1.76. The van der Waals surface area contributed by atoms with E-state index in [1.165, 1.54) is 6.07 Å². The van der Waals surface area contributed by atoms with Crippen molar-refractivity contribution < 1.29 is 22.7 Å². The summed E-state index contributed by atoms with van der Waals surface area (Å²) in [7, 11) is 0. The van der Waals surface area contributed by atoms with E-state index in [-0.39, 0.29) is 24.8 Å². The summed E-state index contributed by atoms with van der Waals surface area (Å²) in [5, 5.41) is 0. The highest BCUT2D eigenvalue weighted by Gasteiger charge is 2.34. The van der Waals surface area contributed by atoms with Crippen molar-refractivity contribution in [2.75, 3.05) is 6.61 Å². The van der Waals surface area contributed by atoms with E-state index >= 15 is 0 Å². The Hall–Kier alpha value is -1.76. The van der Waals surface area contributed by atoms with Crippen molar-refractivity contribution in [1.29, 1.82) is 0 Å². The Labute approximate surface area is 121 Å². The Bertz CT molecular complexity index is 490. The number of benzene rings is 1. The van der Waals surface area contributed by atoms with Gasteiger partial charge in [-0.3, -0.25) is 4.79 Å². The zero-order valence-electron chi connectivity index (χ0n) is 11.7. The molecule has 0 bridgehead atoms. The molecule has 1 rings (SSSR count). The second-order valence-corrected chi connectivity index (χ2v) is 4.77. The molecule has 0 aliphatic rings. The van der Waals surface area contributed by atoms with Gasteiger partial charge in [-0.1, -0.05) is 13.0 Å². The summed E-state index contributed by atoms with van der Waals surface area (Å²) in [6.07, 6.45) is -3.63. The molecule has 0 aliphatic heterocycles. The lowest BCUT2D eigenvalue weighted by molar-refractivity contribution is -0.139. The molecule has 0 saturated carbocycles. The number of hydrogen-bond acceptors (Lipinski definition) is 3. The van der Waals surface area contributed by atoms with Crippen molar-refractivity contribution in [3.8, 4) is 5.75 Å². The first-order chi connectivity index (χ1) is 9.74. The number of halogens is 3. The molecule has 0 saturated heterocycles. The van der Waals surface area contributed by atoms with Crippen molar-refractivity contribution in [3.05, 3.63) is 29.3 Å². The summed E-state index contributed by atoms with van der Waals surface area (Å²) in [6, 6.07) is 3.65. The molecule has 1 aromatic carbocycles. The number of hydrogen-bond donors (Lipinski definition) is 2. The minimum atomic E-state index is -4.53. The van der Waals surface area contributed by atoms with E-state index in [0.717, 1.165) is 6.07 Å². The Morgan fingerprint density at radius 1 is 1.38 bits per heavy atom. The third kappa shape index (κ3) is 5.63. The molecule has 0 aromatic heterocycles. The van der Waals surface area contributed by atoms with Crippen LogP contribution in [-0.4, -0.2) is 18.6 Å². The predicted molar refractivity (Wildman–Crippen MR) is 72.7 cm³/mol. The molecule has 0 spiro atoms. The number of carbonyl (C=O) groups excluding carboxylic acids is 1. The summed E-state index contributed by atoms with van der Waals surface area (Å²) < 4.78 is 44.1. The fraction of sp³-hybridized carbons (Fsp3) is 0.500. The highest BCUT2D eigenvalue weighted by Crippen LogP contribution is 2.37.